The van der Waals surface area contributed by atoms with Crippen LogP contribution in [0, 0.1) is 5.92 Å². The van der Waals surface area contributed by atoms with Gasteiger partial charge in [0.05, 0.1) is 22.7 Å². The van der Waals surface area contributed by atoms with Crippen molar-refractivity contribution in [1.29, 1.82) is 0 Å². The third kappa shape index (κ3) is 4.92. The molecule has 0 radical (unpaired) electrons. The third-order valence-corrected chi connectivity index (χ3v) is 6.57. The predicted molar refractivity (Wildman–Crippen MR) is 130 cm³/mol. The molecular formula is C25H18Cl4O3. The minimum absolute atomic E-state index is 0.171. The second kappa shape index (κ2) is 9.76. The minimum atomic E-state index is -0.454. The highest BCUT2D eigenvalue weighted by atomic mass is 35.5. The first-order valence-corrected chi connectivity index (χ1v) is 11.4. The molecule has 32 heavy (non-hydrogen) atoms. The number of rotatable bonds is 5. The van der Waals surface area contributed by atoms with Gasteiger partial charge >= 0.3 is 5.97 Å². The smallest absolute Gasteiger partial charge is 0.337 e. The van der Waals surface area contributed by atoms with Crippen LogP contribution in [0.3, 0.4) is 0 Å². The largest absolute Gasteiger partial charge is 0.466 e. The Labute approximate surface area is 206 Å². The van der Waals surface area contributed by atoms with E-state index in [2.05, 4.69) is 0 Å². The molecule has 164 valence electrons. The van der Waals surface area contributed by atoms with E-state index >= 15 is 0 Å². The quantitative estimate of drug-likeness (QED) is 0.332. The fraction of sp³-hybridized carbons (Fsp3) is 0.160. The van der Waals surface area contributed by atoms with Gasteiger partial charge in [-0.15, -0.1) is 0 Å². The highest BCUT2D eigenvalue weighted by molar-refractivity contribution is 6.42. The third-order valence-electron chi connectivity index (χ3n) is 5.35. The van der Waals surface area contributed by atoms with Gasteiger partial charge in [-0.3, -0.25) is 0 Å². The van der Waals surface area contributed by atoms with Crippen LogP contribution in [0.1, 0.15) is 16.7 Å². The van der Waals surface area contributed by atoms with E-state index in [9.17, 15) is 4.79 Å². The summed E-state index contributed by atoms with van der Waals surface area (Å²) in [5, 5.41) is 1.96. The molecule has 7 heteroatoms. The summed E-state index contributed by atoms with van der Waals surface area (Å²) < 4.78 is 11.4. The summed E-state index contributed by atoms with van der Waals surface area (Å²) in [6.45, 7) is 0. The van der Waals surface area contributed by atoms with Crippen molar-refractivity contribution < 1.29 is 14.3 Å². The Kier molecular flexibility index (Phi) is 7.02. The van der Waals surface area contributed by atoms with E-state index in [0.29, 0.717) is 50.0 Å². The summed E-state index contributed by atoms with van der Waals surface area (Å²) >= 11 is 24.6. The van der Waals surface area contributed by atoms with Crippen molar-refractivity contribution in [3.05, 3.63) is 103 Å². The number of hydrogen-bond donors (Lipinski definition) is 0. The van der Waals surface area contributed by atoms with Crippen molar-refractivity contribution in [3.63, 3.8) is 0 Å². The van der Waals surface area contributed by atoms with Crippen LogP contribution < -0.4 is 4.74 Å². The molecule has 0 aliphatic heterocycles. The molecule has 0 N–H and O–H groups in total. The molecular weight excluding hydrogens is 490 g/mol. The van der Waals surface area contributed by atoms with Gasteiger partial charge in [0.25, 0.3) is 0 Å². The maximum atomic E-state index is 13.0. The summed E-state index contributed by atoms with van der Waals surface area (Å²) in [6.07, 6.45) is 1.24. The zero-order valence-corrected chi connectivity index (χ0v) is 20.0. The number of hydrogen-bond acceptors (Lipinski definition) is 3. The highest BCUT2D eigenvalue weighted by Gasteiger charge is 2.34. The number of esters is 1. The number of carbonyl (C=O) groups is 1. The van der Waals surface area contributed by atoms with E-state index in [1.165, 1.54) is 7.11 Å². The first-order chi connectivity index (χ1) is 15.4. The number of fused-ring (bicyclic) bond motifs is 1. The Hall–Kier alpha value is -2.17. The molecule has 0 aromatic heterocycles. The molecule has 4 rings (SSSR count). The van der Waals surface area contributed by atoms with Crippen LogP contribution in [0.5, 0.6) is 5.75 Å². The topological polar surface area (TPSA) is 35.5 Å². The first-order valence-electron chi connectivity index (χ1n) is 9.84. The Morgan fingerprint density at radius 3 is 2.31 bits per heavy atom. The van der Waals surface area contributed by atoms with E-state index < -0.39 is 5.97 Å². The van der Waals surface area contributed by atoms with Crippen molar-refractivity contribution in [1.82, 2.24) is 0 Å². The van der Waals surface area contributed by atoms with Crippen molar-refractivity contribution in [2.45, 2.75) is 12.8 Å². The molecule has 0 bridgehead atoms. The molecule has 1 aliphatic carbocycles. The van der Waals surface area contributed by atoms with E-state index in [-0.39, 0.29) is 5.92 Å². The molecule has 3 nitrogen and oxygen atoms in total. The molecule has 0 saturated heterocycles. The Morgan fingerprint density at radius 1 is 0.906 bits per heavy atom. The molecule has 1 unspecified atom stereocenters. The van der Waals surface area contributed by atoms with Gasteiger partial charge in [-0.2, -0.15) is 0 Å². The highest BCUT2D eigenvalue weighted by Crippen LogP contribution is 2.40. The minimum Gasteiger partial charge on any atom is -0.466 e. The first kappa shape index (κ1) is 23.0. The summed E-state index contributed by atoms with van der Waals surface area (Å²) in [6, 6.07) is 18.1. The molecule has 0 amide bonds. The lowest BCUT2D eigenvalue weighted by atomic mass is 9.79. The van der Waals surface area contributed by atoms with Crippen LogP contribution >= 0.6 is 46.4 Å². The maximum Gasteiger partial charge on any atom is 0.337 e. The predicted octanol–water partition coefficient (Wildman–Crippen LogP) is 7.68. The molecule has 0 saturated carbocycles. The van der Waals surface area contributed by atoms with Gasteiger partial charge in [-0.05, 0) is 60.4 Å². The Morgan fingerprint density at radius 2 is 1.62 bits per heavy atom. The van der Waals surface area contributed by atoms with Crippen LogP contribution in [0.15, 0.2) is 66.2 Å². The van der Waals surface area contributed by atoms with Gasteiger partial charge in [0.1, 0.15) is 11.5 Å². The van der Waals surface area contributed by atoms with Gasteiger partial charge in [0, 0.05) is 27.6 Å². The number of benzene rings is 3. The SMILES string of the molecule is COC(=O)C1=C(Oc2ccc(Cl)c(Cl)c2)c2cc(Cl)ccc2CC1Cc1ccc(Cl)cc1. The number of methoxy groups -OCH3 is 1. The lowest BCUT2D eigenvalue weighted by Crippen LogP contribution is -2.26. The number of ether oxygens (including phenoxy) is 2. The number of halogens is 4. The average Bonchev–Trinajstić information content (AvgIpc) is 2.78. The van der Waals surface area contributed by atoms with Crippen molar-refractivity contribution in [2.24, 2.45) is 5.92 Å². The van der Waals surface area contributed by atoms with Gasteiger partial charge in [0.2, 0.25) is 0 Å². The van der Waals surface area contributed by atoms with E-state index in [4.69, 9.17) is 55.9 Å². The summed E-state index contributed by atoms with van der Waals surface area (Å²) in [7, 11) is 1.36. The molecule has 3 aromatic rings. The summed E-state index contributed by atoms with van der Waals surface area (Å²) in [5.41, 5.74) is 3.27. The molecule has 0 fully saturated rings. The van der Waals surface area contributed by atoms with Gasteiger partial charge in [-0.1, -0.05) is 64.6 Å². The fourth-order valence-corrected chi connectivity index (χ4v) is 4.44. The van der Waals surface area contributed by atoms with Crippen molar-refractivity contribution in [3.8, 4) is 5.75 Å². The van der Waals surface area contributed by atoms with Crippen LogP contribution in [-0.4, -0.2) is 13.1 Å². The zero-order valence-electron chi connectivity index (χ0n) is 17.0. The number of carbonyl (C=O) groups excluding carboxylic acids is 1. The second-order valence-corrected chi connectivity index (χ2v) is 9.13. The van der Waals surface area contributed by atoms with Crippen LogP contribution in [-0.2, 0) is 22.4 Å². The van der Waals surface area contributed by atoms with Crippen LogP contribution in [0.4, 0.5) is 0 Å². The van der Waals surface area contributed by atoms with Crippen molar-refractivity contribution >= 4 is 58.1 Å². The van der Waals surface area contributed by atoms with Gasteiger partial charge in [-0.25, -0.2) is 4.79 Å². The summed E-state index contributed by atoms with van der Waals surface area (Å²) in [4.78, 5) is 13.0. The Bertz CT molecular complexity index is 1200. The zero-order chi connectivity index (χ0) is 22.8. The average molecular weight is 508 g/mol. The molecule has 0 spiro atoms. The fourth-order valence-electron chi connectivity index (χ4n) is 3.85. The maximum absolute atomic E-state index is 13.0. The van der Waals surface area contributed by atoms with E-state index in [1.54, 1.807) is 24.3 Å². The monoisotopic (exact) mass is 506 g/mol. The van der Waals surface area contributed by atoms with E-state index in [1.807, 2.05) is 36.4 Å². The lowest BCUT2D eigenvalue weighted by Gasteiger charge is -2.29. The van der Waals surface area contributed by atoms with Gasteiger partial charge in [0.15, 0.2) is 0 Å². The second-order valence-electron chi connectivity index (χ2n) is 7.45. The molecule has 1 aliphatic rings. The standard InChI is InChI=1S/C25H18Cl4O3/c1-31-25(30)23-16(10-14-2-5-17(26)6-3-14)11-15-4-7-18(27)12-20(15)24(23)32-19-8-9-21(28)22(29)13-19/h2-9,12-13,16H,10-11H2,1H3. The molecule has 3 aromatic carbocycles. The Balaban J connectivity index is 1.84. The van der Waals surface area contributed by atoms with E-state index in [0.717, 1.165) is 16.7 Å². The van der Waals surface area contributed by atoms with Crippen LogP contribution in [0.2, 0.25) is 20.1 Å². The van der Waals surface area contributed by atoms with Crippen LogP contribution in [0.25, 0.3) is 5.76 Å². The normalized spacial score (nSPS) is 15.3. The molecule has 1 atom stereocenters. The van der Waals surface area contributed by atoms with Gasteiger partial charge < -0.3 is 9.47 Å². The summed E-state index contributed by atoms with van der Waals surface area (Å²) in [5.74, 6) is 0.228. The van der Waals surface area contributed by atoms with Crippen molar-refractivity contribution in [2.75, 3.05) is 7.11 Å². The lowest BCUT2D eigenvalue weighted by molar-refractivity contribution is -0.136. The molecule has 0 heterocycles.